The van der Waals surface area contributed by atoms with Crippen LogP contribution in [-0.4, -0.2) is 44.7 Å². The van der Waals surface area contributed by atoms with Gasteiger partial charge in [-0.25, -0.2) is 0 Å². The molecule has 0 bridgehead atoms. The molecule has 0 saturated heterocycles. The maximum Gasteiger partial charge on any atom is 0.308 e. The minimum absolute atomic E-state index is 0.142. The Morgan fingerprint density at radius 3 is 1.57 bits per heavy atom. The molecule has 0 radical (unpaired) electrons. The van der Waals surface area contributed by atoms with Crippen molar-refractivity contribution < 1.29 is 47.6 Å². The van der Waals surface area contributed by atoms with Gasteiger partial charge in [-0.3, -0.25) is 19.2 Å². The van der Waals surface area contributed by atoms with Gasteiger partial charge in [0.2, 0.25) is 0 Å². The van der Waals surface area contributed by atoms with Crippen molar-refractivity contribution in [1.29, 1.82) is 0 Å². The van der Waals surface area contributed by atoms with Crippen LogP contribution in [0.4, 0.5) is 0 Å². The normalized spacial score (nSPS) is 12.1. The molecule has 0 unspecified atom stereocenters. The molecule has 0 aromatic heterocycles. The number of carbonyl (C=O) groups is 4. The zero-order valence-electron chi connectivity index (χ0n) is 20.4. The van der Waals surface area contributed by atoms with E-state index in [1.807, 2.05) is 0 Å². The first kappa shape index (κ1) is 27.2. The average Bonchev–Trinajstić information content (AvgIpc) is 2.78. The number of hydrogen-bond acceptors (Lipinski definition) is 10. The minimum atomic E-state index is -0.934. The van der Waals surface area contributed by atoms with Gasteiger partial charge < -0.3 is 28.4 Å². The van der Waals surface area contributed by atoms with E-state index in [0.29, 0.717) is 11.1 Å². The molecule has 2 atom stereocenters. The van der Waals surface area contributed by atoms with Crippen LogP contribution >= 0.6 is 0 Å². The van der Waals surface area contributed by atoms with Crippen LogP contribution in [0, 0.1) is 0 Å². The van der Waals surface area contributed by atoms with E-state index in [9.17, 15) is 19.2 Å². The third-order valence-electron chi connectivity index (χ3n) is 4.76. The second-order valence-corrected chi connectivity index (χ2v) is 7.45. The van der Waals surface area contributed by atoms with Crippen LogP contribution in [0.5, 0.6) is 23.0 Å². The lowest BCUT2D eigenvalue weighted by molar-refractivity contribution is -0.150. The number of esters is 4. The van der Waals surface area contributed by atoms with Gasteiger partial charge in [0.1, 0.15) is 12.7 Å². The summed E-state index contributed by atoms with van der Waals surface area (Å²) in [5, 5.41) is 0. The third kappa shape index (κ3) is 7.73. The van der Waals surface area contributed by atoms with E-state index in [2.05, 4.69) is 0 Å². The molecule has 2 aromatic rings. The zero-order chi connectivity index (χ0) is 26.1. The molecule has 0 aliphatic heterocycles. The number of rotatable bonds is 10. The van der Waals surface area contributed by atoms with E-state index in [4.69, 9.17) is 28.4 Å². The molecule has 2 rings (SSSR count). The zero-order valence-corrected chi connectivity index (χ0v) is 20.4. The van der Waals surface area contributed by atoms with E-state index in [1.54, 1.807) is 24.3 Å². The van der Waals surface area contributed by atoms with Crippen LogP contribution in [0.2, 0.25) is 0 Å². The van der Waals surface area contributed by atoms with Crippen molar-refractivity contribution in [2.24, 2.45) is 0 Å². The van der Waals surface area contributed by atoms with E-state index in [0.717, 1.165) is 0 Å². The van der Waals surface area contributed by atoms with Crippen molar-refractivity contribution in [3.63, 3.8) is 0 Å². The van der Waals surface area contributed by atoms with Gasteiger partial charge in [-0.1, -0.05) is 12.1 Å². The van der Waals surface area contributed by atoms with Crippen molar-refractivity contribution in [1.82, 2.24) is 0 Å². The van der Waals surface area contributed by atoms with Gasteiger partial charge in [0.05, 0.1) is 20.1 Å². The number of hydrogen-bond donors (Lipinski definition) is 0. The minimum Gasteiger partial charge on any atom is -0.493 e. The van der Waals surface area contributed by atoms with Gasteiger partial charge >= 0.3 is 23.9 Å². The molecular formula is C25H28O10. The van der Waals surface area contributed by atoms with E-state index in [-0.39, 0.29) is 29.6 Å². The quantitative estimate of drug-likeness (QED) is 0.362. The second-order valence-electron chi connectivity index (χ2n) is 7.45. The van der Waals surface area contributed by atoms with E-state index in [1.165, 1.54) is 54.0 Å². The first-order valence-electron chi connectivity index (χ1n) is 10.6. The average molecular weight is 488 g/mol. The molecule has 188 valence electrons. The predicted octanol–water partition coefficient (Wildman–Crippen LogP) is 3.51. The lowest BCUT2D eigenvalue weighted by atomic mass is 9.89. The monoisotopic (exact) mass is 488 g/mol. The Hall–Kier alpha value is -4.08. The Kier molecular flexibility index (Phi) is 9.63. The van der Waals surface area contributed by atoms with E-state index >= 15 is 0 Å². The Bertz CT molecular complexity index is 1090. The number of carbonyl (C=O) groups excluding carboxylic acids is 4. The summed E-state index contributed by atoms with van der Waals surface area (Å²) in [6.07, 6.45) is -0.934. The summed E-state index contributed by atoms with van der Waals surface area (Å²) in [7, 11) is 2.82. The molecule has 0 aliphatic rings. The summed E-state index contributed by atoms with van der Waals surface area (Å²) in [5.41, 5.74) is 1.07. The summed E-state index contributed by atoms with van der Waals surface area (Å²) < 4.78 is 32.0. The highest BCUT2D eigenvalue weighted by Gasteiger charge is 2.31. The highest BCUT2D eigenvalue weighted by Crippen LogP contribution is 2.41. The van der Waals surface area contributed by atoms with E-state index < -0.39 is 35.9 Å². The molecule has 0 amide bonds. The van der Waals surface area contributed by atoms with Crippen molar-refractivity contribution in [3.8, 4) is 23.0 Å². The van der Waals surface area contributed by atoms with Crippen LogP contribution in [0.3, 0.4) is 0 Å². The highest BCUT2D eigenvalue weighted by atomic mass is 16.6. The first-order chi connectivity index (χ1) is 16.5. The van der Waals surface area contributed by atoms with Crippen molar-refractivity contribution in [2.45, 2.75) is 39.7 Å². The van der Waals surface area contributed by atoms with Crippen molar-refractivity contribution in [3.05, 3.63) is 47.5 Å². The molecule has 0 fully saturated rings. The van der Waals surface area contributed by atoms with Crippen LogP contribution in [-0.2, 0) is 28.7 Å². The van der Waals surface area contributed by atoms with Crippen LogP contribution < -0.4 is 18.9 Å². The molecule has 0 spiro atoms. The molecule has 0 aliphatic carbocycles. The summed E-state index contributed by atoms with van der Waals surface area (Å²) >= 11 is 0. The van der Waals surface area contributed by atoms with Crippen LogP contribution in [0.15, 0.2) is 36.4 Å². The largest absolute Gasteiger partial charge is 0.493 e. The molecule has 10 nitrogen and oxygen atoms in total. The summed E-state index contributed by atoms with van der Waals surface area (Å²) in [6, 6.07) is 9.48. The van der Waals surface area contributed by atoms with Gasteiger partial charge in [-0.05, 0) is 35.4 Å². The first-order valence-corrected chi connectivity index (χ1v) is 10.6. The van der Waals surface area contributed by atoms with Crippen molar-refractivity contribution in [2.75, 3.05) is 20.8 Å². The highest BCUT2D eigenvalue weighted by molar-refractivity contribution is 5.71. The topological polar surface area (TPSA) is 124 Å². The SMILES string of the molecule is COc1cc([C@H](COC(C)=O)[C@@H](OC(C)=O)c2ccc(OC(C)=O)c(OC)c2)ccc1OC(C)=O. The number of methoxy groups -OCH3 is 2. The third-order valence-corrected chi connectivity index (χ3v) is 4.76. The predicted molar refractivity (Wildman–Crippen MR) is 122 cm³/mol. The van der Waals surface area contributed by atoms with Crippen LogP contribution in [0.1, 0.15) is 50.8 Å². The summed E-state index contributed by atoms with van der Waals surface area (Å²) in [4.78, 5) is 46.5. The Balaban J connectivity index is 2.61. The Morgan fingerprint density at radius 1 is 0.657 bits per heavy atom. The van der Waals surface area contributed by atoms with Gasteiger partial charge in [0.25, 0.3) is 0 Å². The summed E-state index contributed by atoms with van der Waals surface area (Å²) in [6.45, 7) is 4.90. The standard InChI is InChI=1S/C25H28O10/c1-14(26)32-13-20(18-7-9-21(33-15(2)27)23(11-18)30-5)25(35-17(4)29)19-8-10-22(34-16(3)28)24(12-19)31-6/h7-12,20,25H,13H2,1-6H3/t20-,25-/m0/s1. The lowest BCUT2D eigenvalue weighted by Crippen LogP contribution is -2.23. The fourth-order valence-electron chi connectivity index (χ4n) is 3.38. The molecule has 10 heteroatoms. The molecule has 0 heterocycles. The Labute approximate surface area is 203 Å². The van der Waals surface area contributed by atoms with Gasteiger partial charge in [0.15, 0.2) is 23.0 Å². The maximum atomic E-state index is 12.1. The molecule has 2 aromatic carbocycles. The maximum absolute atomic E-state index is 12.1. The fraction of sp³-hybridized carbons (Fsp3) is 0.360. The number of ether oxygens (including phenoxy) is 6. The van der Waals surface area contributed by atoms with Crippen molar-refractivity contribution >= 4 is 23.9 Å². The van der Waals surface area contributed by atoms with Gasteiger partial charge in [-0.2, -0.15) is 0 Å². The number of benzene rings is 2. The molecule has 0 saturated carbocycles. The van der Waals surface area contributed by atoms with Gasteiger partial charge in [0, 0.05) is 27.7 Å². The smallest absolute Gasteiger partial charge is 0.308 e. The molecular weight excluding hydrogens is 460 g/mol. The molecule has 35 heavy (non-hydrogen) atoms. The van der Waals surface area contributed by atoms with Crippen LogP contribution in [0.25, 0.3) is 0 Å². The second kappa shape index (κ2) is 12.4. The summed E-state index contributed by atoms with van der Waals surface area (Å²) in [5.74, 6) is -1.95. The molecule has 0 N–H and O–H groups in total. The Morgan fingerprint density at radius 2 is 1.14 bits per heavy atom. The van der Waals surface area contributed by atoms with Gasteiger partial charge in [-0.15, -0.1) is 0 Å². The lowest BCUT2D eigenvalue weighted by Gasteiger charge is -2.28. The fourth-order valence-corrected chi connectivity index (χ4v) is 3.38.